The molecule has 8 nitrogen and oxygen atoms in total. The zero-order valence-corrected chi connectivity index (χ0v) is 17.2. The number of ether oxygens (including phenoxy) is 2. The largest absolute Gasteiger partial charge is 0.493 e. The molecule has 156 valence electrons. The smallest absolute Gasteiger partial charge is 0.332 e. The number of nitrogens with two attached hydrogens (primary N) is 1. The van der Waals surface area contributed by atoms with Crippen molar-refractivity contribution in [1.29, 1.82) is 0 Å². The number of aliphatic imine (C=N–C) groups is 1. The second-order valence-electron chi connectivity index (χ2n) is 7.23. The van der Waals surface area contributed by atoms with Gasteiger partial charge in [0.2, 0.25) is 0 Å². The van der Waals surface area contributed by atoms with Crippen LogP contribution in [0, 0.1) is 0 Å². The number of nitrogen functional groups attached to an aromatic ring is 1. The number of hydrogen-bond acceptors (Lipinski definition) is 6. The second-order valence-corrected chi connectivity index (χ2v) is 7.23. The van der Waals surface area contributed by atoms with Gasteiger partial charge in [-0.15, -0.1) is 0 Å². The average molecular weight is 400 g/mol. The van der Waals surface area contributed by atoms with Crippen LogP contribution in [0.1, 0.15) is 44.6 Å². The van der Waals surface area contributed by atoms with Gasteiger partial charge in [-0.25, -0.2) is 9.79 Å². The van der Waals surface area contributed by atoms with E-state index in [9.17, 15) is 9.59 Å². The Balaban J connectivity index is 1.91. The molecule has 8 heteroatoms. The van der Waals surface area contributed by atoms with Crippen LogP contribution in [0.2, 0.25) is 0 Å². The molecule has 0 atom stereocenters. The third-order valence-electron chi connectivity index (χ3n) is 5.14. The predicted octanol–water partition coefficient (Wildman–Crippen LogP) is 2.62. The van der Waals surface area contributed by atoms with Gasteiger partial charge in [0.05, 0.1) is 13.2 Å². The van der Waals surface area contributed by atoms with Crippen LogP contribution in [0.5, 0.6) is 11.5 Å². The highest BCUT2D eigenvalue weighted by atomic mass is 16.5. The summed E-state index contributed by atoms with van der Waals surface area (Å²) >= 11 is 0. The fraction of sp³-hybridized carbons (Fsp3) is 0.476. The zero-order chi connectivity index (χ0) is 21.0. The molecule has 0 spiro atoms. The van der Waals surface area contributed by atoms with E-state index in [4.69, 9.17) is 15.2 Å². The molecule has 1 aromatic carbocycles. The van der Waals surface area contributed by atoms with Crippen LogP contribution in [-0.2, 0) is 13.6 Å². The van der Waals surface area contributed by atoms with Gasteiger partial charge in [-0.2, -0.15) is 0 Å². The number of hydrogen-bond donors (Lipinski definition) is 1. The van der Waals surface area contributed by atoms with Crippen LogP contribution in [0.15, 0.2) is 32.8 Å². The van der Waals surface area contributed by atoms with Crippen LogP contribution in [0.25, 0.3) is 0 Å². The van der Waals surface area contributed by atoms with Crippen LogP contribution in [-0.4, -0.2) is 28.6 Å². The first kappa shape index (κ1) is 20.7. The maximum Gasteiger partial charge on any atom is 0.332 e. The Hall–Kier alpha value is -3.03. The molecule has 1 heterocycles. The van der Waals surface area contributed by atoms with Crippen LogP contribution < -0.4 is 26.5 Å². The molecule has 1 saturated carbocycles. The summed E-state index contributed by atoms with van der Waals surface area (Å²) in [6, 6.07) is 5.49. The molecule has 2 aromatic rings. The molecule has 0 amide bonds. The molecule has 1 aliphatic carbocycles. The lowest BCUT2D eigenvalue weighted by Gasteiger charge is -2.16. The van der Waals surface area contributed by atoms with Crippen molar-refractivity contribution in [3.8, 4) is 11.5 Å². The average Bonchev–Trinajstić information content (AvgIpc) is 3.23. The van der Waals surface area contributed by atoms with E-state index < -0.39 is 11.2 Å². The topological polar surface area (TPSA) is 101 Å². The van der Waals surface area contributed by atoms with Gasteiger partial charge in [-0.1, -0.05) is 6.92 Å². The molecule has 0 unspecified atom stereocenters. The second kappa shape index (κ2) is 8.98. The van der Waals surface area contributed by atoms with Crippen molar-refractivity contribution >= 4 is 17.7 Å². The maximum absolute atomic E-state index is 12.7. The molecule has 3 rings (SSSR count). The van der Waals surface area contributed by atoms with Crippen molar-refractivity contribution in [1.82, 2.24) is 9.13 Å². The van der Waals surface area contributed by atoms with Gasteiger partial charge in [0.25, 0.3) is 5.56 Å². The number of aromatic nitrogens is 2. The summed E-state index contributed by atoms with van der Waals surface area (Å²) in [5.41, 5.74) is 5.82. The van der Waals surface area contributed by atoms with Gasteiger partial charge in [-0.05, 0) is 55.9 Å². The minimum Gasteiger partial charge on any atom is -0.493 e. The van der Waals surface area contributed by atoms with Crippen molar-refractivity contribution in [3.05, 3.63) is 44.6 Å². The van der Waals surface area contributed by atoms with Crippen molar-refractivity contribution in [2.45, 2.75) is 51.7 Å². The Morgan fingerprint density at radius 2 is 1.97 bits per heavy atom. The monoisotopic (exact) mass is 400 g/mol. The first-order chi connectivity index (χ1) is 14.0. The Kier molecular flexibility index (Phi) is 6.41. The maximum atomic E-state index is 12.7. The van der Waals surface area contributed by atoms with Crippen LogP contribution in [0.4, 0.5) is 11.5 Å². The van der Waals surface area contributed by atoms with Gasteiger partial charge >= 0.3 is 5.69 Å². The normalized spacial score (nSPS) is 14.6. The standard InChI is InChI=1S/C21H28N4O4/c1-4-11-25-20(26)18(19(22)24(2)21(25)27)23-13-14-9-10-16(17(12-14)28-3)29-15-7-5-6-8-15/h9-10,12-13,15H,4-8,11,22H2,1-3H3. The van der Waals surface area contributed by atoms with Gasteiger partial charge < -0.3 is 15.2 Å². The van der Waals surface area contributed by atoms with Crippen molar-refractivity contribution < 1.29 is 9.47 Å². The van der Waals surface area contributed by atoms with Gasteiger partial charge in [0, 0.05) is 19.8 Å². The SMILES string of the molecule is CCCn1c(=O)c(N=Cc2ccc(OC3CCCC3)c(OC)c2)c(N)n(C)c1=O. The highest BCUT2D eigenvalue weighted by Gasteiger charge is 2.18. The van der Waals surface area contributed by atoms with Gasteiger partial charge in [0.1, 0.15) is 5.82 Å². The number of methoxy groups -OCH3 is 1. The van der Waals surface area contributed by atoms with E-state index in [1.807, 2.05) is 19.1 Å². The first-order valence-corrected chi connectivity index (χ1v) is 9.94. The molecule has 1 aromatic heterocycles. The van der Waals surface area contributed by atoms with Crippen molar-refractivity contribution in [2.24, 2.45) is 12.0 Å². The number of anilines is 1. The Morgan fingerprint density at radius 3 is 2.62 bits per heavy atom. The zero-order valence-electron chi connectivity index (χ0n) is 17.2. The van der Waals surface area contributed by atoms with E-state index in [1.165, 1.54) is 30.7 Å². The first-order valence-electron chi connectivity index (χ1n) is 9.94. The van der Waals surface area contributed by atoms with Crippen molar-refractivity contribution in [3.63, 3.8) is 0 Å². The van der Waals surface area contributed by atoms with Gasteiger partial charge in [-0.3, -0.25) is 13.9 Å². The van der Waals surface area contributed by atoms with E-state index in [2.05, 4.69) is 4.99 Å². The predicted molar refractivity (Wildman–Crippen MR) is 114 cm³/mol. The minimum atomic E-state index is -0.489. The molecule has 29 heavy (non-hydrogen) atoms. The van der Waals surface area contributed by atoms with Crippen LogP contribution >= 0.6 is 0 Å². The quantitative estimate of drug-likeness (QED) is 0.720. The lowest BCUT2D eigenvalue weighted by Crippen LogP contribution is -2.39. The van der Waals surface area contributed by atoms with Gasteiger partial charge in [0.15, 0.2) is 17.2 Å². The van der Waals surface area contributed by atoms with E-state index in [0.29, 0.717) is 24.5 Å². The van der Waals surface area contributed by atoms with E-state index in [0.717, 1.165) is 23.0 Å². The third kappa shape index (κ3) is 4.36. The molecular formula is C21H28N4O4. The molecule has 2 N–H and O–H groups in total. The molecule has 1 fully saturated rings. The summed E-state index contributed by atoms with van der Waals surface area (Å²) in [6.07, 6.45) is 6.91. The fourth-order valence-electron chi connectivity index (χ4n) is 3.50. The molecule has 0 bridgehead atoms. The molecule has 0 radical (unpaired) electrons. The fourth-order valence-corrected chi connectivity index (χ4v) is 3.50. The lowest BCUT2D eigenvalue weighted by molar-refractivity contribution is 0.201. The minimum absolute atomic E-state index is 0.0387. The van der Waals surface area contributed by atoms with E-state index in [-0.39, 0.29) is 17.6 Å². The highest BCUT2D eigenvalue weighted by molar-refractivity contribution is 5.84. The number of nitrogens with zero attached hydrogens (tertiary/aromatic N) is 3. The third-order valence-corrected chi connectivity index (χ3v) is 5.14. The van der Waals surface area contributed by atoms with Crippen LogP contribution in [0.3, 0.4) is 0 Å². The number of benzene rings is 1. The highest BCUT2D eigenvalue weighted by Crippen LogP contribution is 2.32. The summed E-state index contributed by atoms with van der Waals surface area (Å²) in [7, 11) is 3.12. The summed E-state index contributed by atoms with van der Waals surface area (Å²) in [4.78, 5) is 29.2. The van der Waals surface area contributed by atoms with E-state index in [1.54, 1.807) is 13.2 Å². The van der Waals surface area contributed by atoms with Crippen molar-refractivity contribution in [2.75, 3.05) is 12.8 Å². The van der Waals surface area contributed by atoms with E-state index >= 15 is 0 Å². The Bertz CT molecular complexity index is 1020. The molecular weight excluding hydrogens is 372 g/mol. The summed E-state index contributed by atoms with van der Waals surface area (Å²) in [5, 5.41) is 0. The molecule has 0 saturated heterocycles. The Labute approximate surface area is 169 Å². The molecule has 0 aliphatic heterocycles. The molecule has 1 aliphatic rings. The Morgan fingerprint density at radius 1 is 1.24 bits per heavy atom. The number of rotatable bonds is 7. The summed E-state index contributed by atoms with van der Waals surface area (Å²) < 4.78 is 13.9. The lowest BCUT2D eigenvalue weighted by atomic mass is 10.2. The summed E-state index contributed by atoms with van der Waals surface area (Å²) in [6.45, 7) is 2.21. The summed E-state index contributed by atoms with van der Waals surface area (Å²) in [5.74, 6) is 1.35.